The van der Waals surface area contributed by atoms with E-state index in [4.69, 9.17) is 5.73 Å². The van der Waals surface area contributed by atoms with Crippen molar-refractivity contribution < 1.29 is 4.21 Å². The summed E-state index contributed by atoms with van der Waals surface area (Å²) in [6.45, 7) is 1.16. The molecule has 2 N–H and O–H groups in total. The SMILES string of the molecule is CN1CCCCC1CCS(=O)c1nc2ccc(N)cc2s1. The molecule has 21 heavy (non-hydrogen) atoms. The number of fused-ring (bicyclic) bond motifs is 1. The van der Waals surface area contributed by atoms with Crippen LogP contribution in [0.25, 0.3) is 10.2 Å². The van der Waals surface area contributed by atoms with E-state index in [9.17, 15) is 4.21 Å². The fourth-order valence-electron chi connectivity index (χ4n) is 2.86. The third-order valence-corrected chi connectivity index (χ3v) is 6.85. The van der Waals surface area contributed by atoms with Gasteiger partial charge in [-0.15, -0.1) is 11.3 Å². The number of hydrogen-bond acceptors (Lipinski definition) is 5. The molecule has 4 nitrogen and oxygen atoms in total. The first kappa shape index (κ1) is 14.9. The van der Waals surface area contributed by atoms with Gasteiger partial charge in [0.15, 0.2) is 4.34 Å². The Bertz CT molecular complexity index is 655. The Morgan fingerprint density at radius 1 is 1.48 bits per heavy atom. The maximum Gasteiger partial charge on any atom is 0.181 e. The Morgan fingerprint density at radius 2 is 2.33 bits per heavy atom. The number of rotatable bonds is 4. The van der Waals surface area contributed by atoms with Crippen LogP contribution in [0.3, 0.4) is 0 Å². The fraction of sp³-hybridized carbons (Fsp3) is 0.533. The van der Waals surface area contributed by atoms with E-state index in [-0.39, 0.29) is 0 Å². The lowest BCUT2D eigenvalue weighted by Crippen LogP contribution is -2.37. The second-order valence-electron chi connectivity index (χ2n) is 5.68. The lowest BCUT2D eigenvalue weighted by atomic mass is 10.0. The molecule has 0 aliphatic carbocycles. The molecular weight excluding hydrogens is 302 g/mol. The van der Waals surface area contributed by atoms with Gasteiger partial charge in [0.2, 0.25) is 0 Å². The van der Waals surface area contributed by atoms with Crippen molar-refractivity contribution in [1.82, 2.24) is 9.88 Å². The van der Waals surface area contributed by atoms with Crippen molar-refractivity contribution in [3.8, 4) is 0 Å². The van der Waals surface area contributed by atoms with Crippen LogP contribution in [0.1, 0.15) is 25.7 Å². The van der Waals surface area contributed by atoms with E-state index in [0.29, 0.717) is 11.8 Å². The molecule has 6 heteroatoms. The summed E-state index contributed by atoms with van der Waals surface area (Å²) in [6.07, 6.45) is 4.79. The van der Waals surface area contributed by atoms with E-state index in [0.717, 1.165) is 33.2 Å². The lowest BCUT2D eigenvalue weighted by molar-refractivity contribution is 0.182. The summed E-state index contributed by atoms with van der Waals surface area (Å²) in [4.78, 5) is 6.89. The molecular formula is C15H21N3OS2. The fourth-order valence-corrected chi connectivity index (χ4v) is 5.35. The minimum Gasteiger partial charge on any atom is -0.399 e. The van der Waals surface area contributed by atoms with E-state index >= 15 is 0 Å². The molecule has 114 valence electrons. The van der Waals surface area contributed by atoms with Gasteiger partial charge in [0, 0.05) is 17.5 Å². The highest BCUT2D eigenvalue weighted by molar-refractivity contribution is 7.87. The van der Waals surface area contributed by atoms with Crippen molar-refractivity contribution in [2.24, 2.45) is 0 Å². The molecule has 3 rings (SSSR count). The molecule has 0 bridgehead atoms. The number of piperidine rings is 1. The van der Waals surface area contributed by atoms with Gasteiger partial charge in [0.05, 0.1) is 21.0 Å². The number of nitrogen functional groups attached to an aromatic ring is 1. The van der Waals surface area contributed by atoms with Crippen molar-refractivity contribution in [3.05, 3.63) is 18.2 Å². The Labute approximate surface area is 131 Å². The number of anilines is 1. The Hall–Kier alpha value is -0.980. The zero-order valence-electron chi connectivity index (χ0n) is 12.2. The van der Waals surface area contributed by atoms with Crippen LogP contribution in [-0.4, -0.2) is 39.5 Å². The Kier molecular flexibility index (Phi) is 4.57. The lowest BCUT2D eigenvalue weighted by Gasteiger charge is -2.32. The largest absolute Gasteiger partial charge is 0.399 e. The normalized spacial score (nSPS) is 21.7. The zero-order valence-corrected chi connectivity index (χ0v) is 13.9. The summed E-state index contributed by atoms with van der Waals surface area (Å²) in [5.74, 6) is 0.699. The number of thiazole rings is 1. The van der Waals surface area contributed by atoms with E-state index < -0.39 is 10.8 Å². The molecule has 1 aliphatic rings. The number of hydrogen-bond donors (Lipinski definition) is 1. The minimum atomic E-state index is -0.999. The van der Waals surface area contributed by atoms with Crippen LogP contribution < -0.4 is 5.73 Å². The van der Waals surface area contributed by atoms with Crippen LogP contribution in [0.2, 0.25) is 0 Å². The monoisotopic (exact) mass is 323 g/mol. The summed E-state index contributed by atoms with van der Waals surface area (Å²) < 4.78 is 14.2. The van der Waals surface area contributed by atoms with Crippen LogP contribution in [0.5, 0.6) is 0 Å². The van der Waals surface area contributed by atoms with E-state index in [1.54, 1.807) is 0 Å². The smallest absolute Gasteiger partial charge is 0.181 e. The van der Waals surface area contributed by atoms with Gasteiger partial charge in [-0.25, -0.2) is 4.98 Å². The molecule has 1 fully saturated rings. The minimum absolute atomic E-state index is 0.577. The molecule has 1 aromatic heterocycles. The molecule has 1 saturated heterocycles. The average molecular weight is 323 g/mol. The second-order valence-corrected chi connectivity index (χ2v) is 8.45. The van der Waals surface area contributed by atoms with Crippen molar-refractivity contribution >= 4 is 38.0 Å². The van der Waals surface area contributed by atoms with Crippen molar-refractivity contribution in [2.45, 2.75) is 36.1 Å². The molecule has 2 aromatic rings. The van der Waals surface area contributed by atoms with Crippen LogP contribution in [0, 0.1) is 0 Å². The third-order valence-electron chi connectivity index (χ3n) is 4.15. The van der Waals surface area contributed by atoms with Gasteiger partial charge in [-0.05, 0) is 51.1 Å². The summed E-state index contributed by atoms with van der Waals surface area (Å²) in [5.41, 5.74) is 7.40. The van der Waals surface area contributed by atoms with Gasteiger partial charge in [0.1, 0.15) is 0 Å². The van der Waals surface area contributed by atoms with Crippen LogP contribution in [-0.2, 0) is 10.8 Å². The molecule has 0 saturated carbocycles. The van der Waals surface area contributed by atoms with E-state index in [2.05, 4.69) is 16.9 Å². The highest BCUT2D eigenvalue weighted by Crippen LogP contribution is 2.27. The van der Waals surface area contributed by atoms with Crippen molar-refractivity contribution in [3.63, 3.8) is 0 Å². The van der Waals surface area contributed by atoms with Gasteiger partial charge in [-0.2, -0.15) is 0 Å². The maximum atomic E-state index is 12.5. The maximum absolute atomic E-state index is 12.5. The second kappa shape index (κ2) is 6.42. The Morgan fingerprint density at radius 3 is 3.14 bits per heavy atom. The van der Waals surface area contributed by atoms with Gasteiger partial charge in [0.25, 0.3) is 0 Å². The zero-order chi connectivity index (χ0) is 14.8. The van der Waals surface area contributed by atoms with Crippen LogP contribution >= 0.6 is 11.3 Å². The predicted octanol–water partition coefficient (Wildman–Crippen LogP) is 2.86. The first-order valence-corrected chi connectivity index (χ1v) is 9.52. The molecule has 1 aliphatic heterocycles. The molecule has 0 spiro atoms. The number of aromatic nitrogens is 1. The third kappa shape index (κ3) is 3.44. The quantitative estimate of drug-likeness (QED) is 0.879. The topological polar surface area (TPSA) is 59.2 Å². The van der Waals surface area contributed by atoms with Crippen molar-refractivity contribution in [2.75, 3.05) is 25.1 Å². The van der Waals surface area contributed by atoms with E-state index in [1.807, 2.05) is 18.2 Å². The predicted molar refractivity (Wildman–Crippen MR) is 90.2 cm³/mol. The van der Waals surface area contributed by atoms with Crippen LogP contribution in [0.4, 0.5) is 5.69 Å². The summed E-state index contributed by atoms with van der Waals surface area (Å²) in [5, 5.41) is 0. The summed E-state index contributed by atoms with van der Waals surface area (Å²) in [6, 6.07) is 6.22. The molecule has 0 amide bonds. The number of benzene rings is 1. The molecule has 2 heterocycles. The molecule has 2 unspecified atom stereocenters. The average Bonchev–Trinajstić information content (AvgIpc) is 2.89. The van der Waals surface area contributed by atoms with Gasteiger partial charge >= 0.3 is 0 Å². The summed E-state index contributed by atoms with van der Waals surface area (Å²) >= 11 is 1.50. The first-order chi connectivity index (χ1) is 10.1. The van der Waals surface area contributed by atoms with Gasteiger partial charge in [-0.1, -0.05) is 6.42 Å². The van der Waals surface area contributed by atoms with Gasteiger partial charge < -0.3 is 10.6 Å². The molecule has 2 atom stereocenters. The highest BCUT2D eigenvalue weighted by atomic mass is 32.2. The van der Waals surface area contributed by atoms with Crippen molar-refractivity contribution in [1.29, 1.82) is 0 Å². The number of nitrogens with zero attached hydrogens (tertiary/aromatic N) is 2. The Balaban J connectivity index is 1.66. The van der Waals surface area contributed by atoms with E-state index in [1.165, 1.54) is 30.6 Å². The van der Waals surface area contributed by atoms with Gasteiger partial charge in [-0.3, -0.25) is 4.21 Å². The van der Waals surface area contributed by atoms with Crippen LogP contribution in [0.15, 0.2) is 22.5 Å². The molecule has 0 radical (unpaired) electrons. The highest BCUT2D eigenvalue weighted by Gasteiger charge is 2.20. The first-order valence-electron chi connectivity index (χ1n) is 7.38. The molecule has 1 aromatic carbocycles. The standard InChI is InChI=1S/C15H21N3OS2/c1-18-8-3-2-4-12(18)7-9-21(19)15-17-13-6-5-11(16)10-14(13)20-15/h5-6,10,12H,2-4,7-9,16H2,1H3. The number of likely N-dealkylation sites (tertiary alicyclic amines) is 1. The summed E-state index contributed by atoms with van der Waals surface area (Å²) in [7, 11) is 1.17. The number of nitrogens with two attached hydrogens (primary N) is 1.